The Morgan fingerprint density at radius 1 is 1.41 bits per heavy atom. The Morgan fingerprint density at radius 3 is 2.95 bits per heavy atom. The van der Waals surface area contributed by atoms with Crippen molar-refractivity contribution in [2.75, 3.05) is 34.3 Å². The minimum absolute atomic E-state index is 0.00955. The van der Waals surface area contributed by atoms with Gasteiger partial charge in [-0.2, -0.15) is 0 Å². The fourth-order valence-electron chi connectivity index (χ4n) is 3.49. The molecule has 120 valence electrons. The van der Waals surface area contributed by atoms with Crippen molar-refractivity contribution in [3.63, 3.8) is 0 Å². The molecule has 1 aromatic carbocycles. The van der Waals surface area contributed by atoms with E-state index in [9.17, 15) is 4.79 Å². The number of fused-ring (bicyclic) bond motifs is 2. The molecule has 0 radical (unpaired) electrons. The number of carbonyl (C=O) groups is 1. The number of morpholine rings is 1. The number of nitrogens with zero attached hydrogens (tertiary/aromatic N) is 2. The number of hydrogen-bond donors (Lipinski definition) is 0. The zero-order valence-electron chi connectivity index (χ0n) is 13.5. The molecule has 2 saturated heterocycles. The molecule has 0 unspecified atom stereocenters. The van der Waals surface area contributed by atoms with Crippen LogP contribution in [0.1, 0.15) is 12.0 Å². The van der Waals surface area contributed by atoms with E-state index >= 15 is 0 Å². The van der Waals surface area contributed by atoms with Gasteiger partial charge in [-0.25, -0.2) is 0 Å². The summed E-state index contributed by atoms with van der Waals surface area (Å²) in [7, 11) is 5.32. The van der Waals surface area contributed by atoms with Crippen molar-refractivity contribution in [1.29, 1.82) is 0 Å². The van der Waals surface area contributed by atoms with Gasteiger partial charge in [0.15, 0.2) is 0 Å². The van der Waals surface area contributed by atoms with Crippen molar-refractivity contribution < 1.29 is 14.3 Å². The molecule has 5 heteroatoms. The second-order valence-electron chi connectivity index (χ2n) is 6.42. The number of carbonyl (C=O) groups excluding carboxylic acids is 1. The molecule has 22 heavy (non-hydrogen) atoms. The molecule has 0 N–H and O–H groups in total. The summed E-state index contributed by atoms with van der Waals surface area (Å²) >= 11 is 0. The first-order valence-corrected chi connectivity index (χ1v) is 7.78. The van der Waals surface area contributed by atoms with Crippen molar-refractivity contribution in [1.82, 2.24) is 9.80 Å². The highest BCUT2D eigenvalue weighted by Crippen LogP contribution is 2.33. The Bertz CT molecular complexity index is 546. The fourth-order valence-corrected chi connectivity index (χ4v) is 3.49. The van der Waals surface area contributed by atoms with Gasteiger partial charge in [0.1, 0.15) is 5.75 Å². The van der Waals surface area contributed by atoms with Gasteiger partial charge in [-0.3, -0.25) is 9.69 Å². The van der Waals surface area contributed by atoms with Gasteiger partial charge in [0.2, 0.25) is 5.91 Å². The number of likely N-dealkylation sites (tertiary alicyclic amines) is 1. The lowest BCUT2D eigenvalue weighted by molar-refractivity contribution is -0.136. The van der Waals surface area contributed by atoms with Crippen LogP contribution in [0.2, 0.25) is 0 Å². The molecule has 3 atom stereocenters. The molecule has 2 aliphatic heterocycles. The van der Waals surface area contributed by atoms with Crippen LogP contribution < -0.4 is 4.74 Å². The number of rotatable bonds is 4. The highest BCUT2D eigenvalue weighted by Gasteiger charge is 2.44. The highest BCUT2D eigenvalue weighted by atomic mass is 16.5. The van der Waals surface area contributed by atoms with Crippen LogP contribution >= 0.6 is 0 Å². The van der Waals surface area contributed by atoms with Crippen LogP contribution in [0.5, 0.6) is 5.75 Å². The van der Waals surface area contributed by atoms with E-state index in [1.165, 1.54) is 5.56 Å². The number of amides is 1. The van der Waals surface area contributed by atoms with E-state index in [4.69, 9.17) is 9.47 Å². The van der Waals surface area contributed by atoms with E-state index in [1.807, 2.05) is 26.2 Å². The third-order valence-electron chi connectivity index (χ3n) is 4.53. The Labute approximate surface area is 131 Å². The average Bonchev–Trinajstić information content (AvgIpc) is 2.81. The van der Waals surface area contributed by atoms with Gasteiger partial charge in [-0.15, -0.1) is 0 Å². The number of ether oxygens (including phenoxy) is 2. The van der Waals surface area contributed by atoms with Crippen LogP contribution in [0.3, 0.4) is 0 Å². The van der Waals surface area contributed by atoms with Gasteiger partial charge in [-0.05, 0) is 24.1 Å². The van der Waals surface area contributed by atoms with Crippen molar-refractivity contribution in [3.05, 3.63) is 29.8 Å². The maximum atomic E-state index is 12.2. The number of benzene rings is 1. The topological polar surface area (TPSA) is 42.0 Å². The van der Waals surface area contributed by atoms with Crippen LogP contribution in [0.4, 0.5) is 0 Å². The van der Waals surface area contributed by atoms with Crippen molar-refractivity contribution in [2.45, 2.75) is 25.2 Å². The summed E-state index contributed by atoms with van der Waals surface area (Å²) in [6, 6.07) is 8.15. The van der Waals surface area contributed by atoms with Crippen LogP contribution in [0, 0.1) is 5.92 Å². The van der Waals surface area contributed by atoms with Gasteiger partial charge in [-0.1, -0.05) is 12.1 Å². The molecule has 1 amide bonds. The zero-order chi connectivity index (χ0) is 15.7. The molecular weight excluding hydrogens is 280 g/mol. The smallest absolute Gasteiger partial charge is 0.227 e. The van der Waals surface area contributed by atoms with Crippen molar-refractivity contribution >= 4 is 5.91 Å². The predicted molar refractivity (Wildman–Crippen MR) is 83.7 cm³/mol. The molecule has 0 aliphatic carbocycles. The fraction of sp³-hybridized carbons (Fsp3) is 0.588. The third kappa shape index (κ3) is 3.10. The largest absolute Gasteiger partial charge is 0.497 e. The standard InChI is InChI=1S/C17H24N2O3/c1-18(2)17(20)15-8-14-10-19(11-16(15)22-14)9-12-5-4-6-13(7-12)21-3/h4-7,14-16H,8-11H2,1-3H3/t14-,15+,16-/m1/s1. The summed E-state index contributed by atoms with van der Waals surface area (Å²) in [5.41, 5.74) is 1.23. The SMILES string of the molecule is COc1cccc(CN2C[C@H]3C[C@H](C(=O)N(C)C)[C@@H](C2)O3)c1. The van der Waals surface area contributed by atoms with Gasteiger partial charge in [0, 0.05) is 33.7 Å². The van der Waals surface area contributed by atoms with Gasteiger partial charge in [0.25, 0.3) is 0 Å². The first-order chi connectivity index (χ1) is 10.6. The summed E-state index contributed by atoms with van der Waals surface area (Å²) in [5, 5.41) is 0. The van der Waals surface area contributed by atoms with Crippen molar-refractivity contribution in [3.8, 4) is 5.75 Å². The normalized spacial score (nSPS) is 27.7. The van der Waals surface area contributed by atoms with E-state index in [2.05, 4.69) is 17.0 Å². The summed E-state index contributed by atoms with van der Waals surface area (Å²) in [5.74, 6) is 1.08. The van der Waals surface area contributed by atoms with E-state index < -0.39 is 0 Å². The zero-order valence-corrected chi connectivity index (χ0v) is 13.5. The Hall–Kier alpha value is -1.59. The lowest BCUT2D eigenvalue weighted by Crippen LogP contribution is -2.44. The van der Waals surface area contributed by atoms with Crippen LogP contribution in [0.15, 0.2) is 24.3 Å². The maximum absolute atomic E-state index is 12.2. The molecule has 3 rings (SSSR count). The molecule has 1 aromatic rings. The monoisotopic (exact) mass is 304 g/mol. The van der Waals surface area contributed by atoms with E-state index in [0.717, 1.165) is 31.8 Å². The van der Waals surface area contributed by atoms with Crippen LogP contribution in [-0.4, -0.2) is 62.2 Å². The minimum Gasteiger partial charge on any atom is -0.497 e. The van der Waals surface area contributed by atoms with Gasteiger partial charge < -0.3 is 14.4 Å². The Kier molecular flexibility index (Phi) is 4.36. The molecule has 2 bridgehead atoms. The van der Waals surface area contributed by atoms with Gasteiger partial charge >= 0.3 is 0 Å². The average molecular weight is 304 g/mol. The first-order valence-electron chi connectivity index (χ1n) is 7.78. The summed E-state index contributed by atoms with van der Waals surface area (Å²) in [6.07, 6.45) is 1.05. The van der Waals surface area contributed by atoms with Crippen LogP contribution in [0.25, 0.3) is 0 Å². The van der Waals surface area contributed by atoms with Crippen molar-refractivity contribution in [2.24, 2.45) is 5.92 Å². The molecule has 0 spiro atoms. The minimum atomic E-state index is 0.00955. The Morgan fingerprint density at radius 2 is 2.23 bits per heavy atom. The lowest BCUT2D eigenvalue weighted by atomic mass is 9.99. The van der Waals surface area contributed by atoms with Crippen LogP contribution in [-0.2, 0) is 16.1 Å². The number of methoxy groups -OCH3 is 1. The summed E-state index contributed by atoms with van der Waals surface area (Å²) in [4.78, 5) is 16.3. The summed E-state index contributed by atoms with van der Waals surface area (Å²) < 4.78 is 11.3. The quantitative estimate of drug-likeness (QED) is 0.842. The van der Waals surface area contributed by atoms with E-state index in [0.29, 0.717) is 0 Å². The predicted octanol–water partition coefficient (Wildman–Crippen LogP) is 1.37. The molecule has 5 nitrogen and oxygen atoms in total. The highest BCUT2D eigenvalue weighted by molar-refractivity contribution is 5.79. The van der Waals surface area contributed by atoms with Gasteiger partial charge in [0.05, 0.1) is 25.2 Å². The molecule has 2 heterocycles. The first kappa shape index (κ1) is 15.3. The second-order valence-corrected chi connectivity index (χ2v) is 6.42. The molecule has 2 fully saturated rings. The number of hydrogen-bond acceptors (Lipinski definition) is 4. The Balaban J connectivity index is 1.65. The third-order valence-corrected chi connectivity index (χ3v) is 4.53. The lowest BCUT2D eigenvalue weighted by Gasteiger charge is -2.33. The molecule has 0 saturated carbocycles. The van der Waals surface area contributed by atoms with E-state index in [1.54, 1.807) is 12.0 Å². The van der Waals surface area contributed by atoms with E-state index in [-0.39, 0.29) is 24.0 Å². The second kappa shape index (κ2) is 6.26. The summed E-state index contributed by atoms with van der Waals surface area (Å²) in [6.45, 7) is 2.58. The molecule has 2 aliphatic rings. The molecular formula is C17H24N2O3. The molecule has 0 aromatic heterocycles. The maximum Gasteiger partial charge on any atom is 0.227 e.